The number of nitrogens with two attached hydrogens (primary N) is 1. The summed E-state index contributed by atoms with van der Waals surface area (Å²) in [4.78, 5) is 11.6. The second-order valence-corrected chi connectivity index (χ2v) is 3.75. The van der Waals surface area contributed by atoms with Gasteiger partial charge in [0, 0.05) is 12.3 Å². The van der Waals surface area contributed by atoms with Gasteiger partial charge < -0.3 is 5.73 Å². The normalized spacial score (nSPS) is 12.5. The van der Waals surface area contributed by atoms with Crippen molar-refractivity contribution in [2.24, 2.45) is 11.7 Å². The van der Waals surface area contributed by atoms with Crippen molar-refractivity contribution in [1.82, 2.24) is 0 Å². The van der Waals surface area contributed by atoms with E-state index in [-0.39, 0.29) is 17.5 Å². The lowest BCUT2D eigenvalue weighted by molar-refractivity contribution is -0.121. The number of carbonyl (C=O) groups excluding carboxylic acids is 1. The van der Waals surface area contributed by atoms with Gasteiger partial charge in [0.1, 0.15) is 11.6 Å². The highest BCUT2D eigenvalue weighted by Crippen LogP contribution is 2.09. The van der Waals surface area contributed by atoms with Gasteiger partial charge in [-0.1, -0.05) is 19.1 Å². The zero-order chi connectivity index (χ0) is 11.3. The summed E-state index contributed by atoms with van der Waals surface area (Å²) in [6.07, 6.45) is 1.07. The maximum atomic E-state index is 12.6. The second kappa shape index (κ2) is 5.61. The minimum atomic E-state index is -0.277. The molecule has 0 aliphatic carbocycles. The van der Waals surface area contributed by atoms with Crippen molar-refractivity contribution >= 4 is 5.78 Å². The molecule has 1 aromatic carbocycles. The standard InChI is InChI=1S/C12H16FNO/c1-9(6-7-14)12(15)8-10-2-4-11(13)5-3-10/h2-5,9H,6-8,14H2,1H3. The van der Waals surface area contributed by atoms with E-state index >= 15 is 0 Å². The van der Waals surface area contributed by atoms with Gasteiger partial charge in [-0.2, -0.15) is 0 Å². The number of halogens is 1. The molecule has 1 rings (SSSR count). The molecule has 0 heterocycles. The van der Waals surface area contributed by atoms with Crippen LogP contribution in [0.25, 0.3) is 0 Å². The molecule has 1 unspecified atom stereocenters. The average molecular weight is 209 g/mol. The third-order valence-corrected chi connectivity index (χ3v) is 2.44. The van der Waals surface area contributed by atoms with Gasteiger partial charge in [-0.25, -0.2) is 4.39 Å². The summed E-state index contributed by atoms with van der Waals surface area (Å²) in [6.45, 7) is 2.40. The third-order valence-electron chi connectivity index (χ3n) is 2.44. The molecule has 0 aliphatic heterocycles. The maximum absolute atomic E-state index is 12.6. The summed E-state index contributed by atoms with van der Waals surface area (Å²) in [5.74, 6) is -0.131. The summed E-state index contributed by atoms with van der Waals surface area (Å²) in [5, 5.41) is 0. The van der Waals surface area contributed by atoms with E-state index < -0.39 is 0 Å². The lowest BCUT2D eigenvalue weighted by atomic mass is 9.97. The molecule has 2 N–H and O–H groups in total. The van der Waals surface area contributed by atoms with Crippen LogP contribution in [0.5, 0.6) is 0 Å². The van der Waals surface area contributed by atoms with Gasteiger partial charge in [0.15, 0.2) is 0 Å². The Hall–Kier alpha value is -1.22. The molecule has 0 saturated heterocycles. The van der Waals surface area contributed by atoms with Gasteiger partial charge in [0.25, 0.3) is 0 Å². The summed E-state index contributed by atoms with van der Waals surface area (Å²) < 4.78 is 12.6. The fraction of sp³-hybridized carbons (Fsp3) is 0.417. The van der Waals surface area contributed by atoms with Gasteiger partial charge in [-0.05, 0) is 30.7 Å². The molecule has 0 saturated carbocycles. The molecule has 0 aliphatic rings. The Morgan fingerprint density at radius 1 is 1.40 bits per heavy atom. The molecule has 3 heteroatoms. The maximum Gasteiger partial charge on any atom is 0.140 e. The zero-order valence-electron chi connectivity index (χ0n) is 8.87. The van der Waals surface area contributed by atoms with Crippen LogP contribution in [0.15, 0.2) is 24.3 Å². The van der Waals surface area contributed by atoms with Crippen LogP contribution < -0.4 is 5.73 Å². The molecule has 0 spiro atoms. The van der Waals surface area contributed by atoms with Crippen LogP contribution in [0.4, 0.5) is 4.39 Å². The second-order valence-electron chi connectivity index (χ2n) is 3.75. The Kier molecular flexibility index (Phi) is 4.43. The van der Waals surface area contributed by atoms with Gasteiger partial charge in [-0.15, -0.1) is 0 Å². The van der Waals surface area contributed by atoms with Gasteiger partial charge >= 0.3 is 0 Å². The molecule has 0 amide bonds. The minimum Gasteiger partial charge on any atom is -0.330 e. The first-order valence-corrected chi connectivity index (χ1v) is 5.10. The van der Waals surface area contributed by atoms with Crippen LogP contribution in [0.2, 0.25) is 0 Å². The van der Waals surface area contributed by atoms with Crippen LogP contribution in [0.3, 0.4) is 0 Å². The largest absolute Gasteiger partial charge is 0.330 e. The molecular formula is C12H16FNO. The van der Waals surface area contributed by atoms with Crippen molar-refractivity contribution in [3.63, 3.8) is 0 Å². The molecule has 0 radical (unpaired) electrons. The Balaban J connectivity index is 2.54. The summed E-state index contributed by atoms with van der Waals surface area (Å²) in [6, 6.07) is 6.03. The monoisotopic (exact) mass is 209 g/mol. The van der Waals surface area contributed by atoms with E-state index in [0.717, 1.165) is 5.56 Å². The molecule has 0 bridgehead atoms. The number of ketones is 1. The summed E-state index contributed by atoms with van der Waals surface area (Å²) in [5.41, 5.74) is 6.23. The minimum absolute atomic E-state index is 0.0138. The highest BCUT2D eigenvalue weighted by atomic mass is 19.1. The topological polar surface area (TPSA) is 43.1 Å². The average Bonchev–Trinajstić information content (AvgIpc) is 2.22. The fourth-order valence-electron chi connectivity index (χ4n) is 1.39. The Morgan fingerprint density at radius 3 is 2.53 bits per heavy atom. The number of benzene rings is 1. The fourth-order valence-corrected chi connectivity index (χ4v) is 1.39. The van der Waals surface area contributed by atoms with Crippen LogP contribution in [-0.4, -0.2) is 12.3 Å². The lowest BCUT2D eigenvalue weighted by Crippen LogP contribution is -2.17. The van der Waals surface area contributed by atoms with Gasteiger partial charge in [-0.3, -0.25) is 4.79 Å². The van der Waals surface area contributed by atoms with Crippen molar-refractivity contribution in [3.8, 4) is 0 Å². The first kappa shape index (κ1) is 11.9. The Labute approximate surface area is 89.3 Å². The molecule has 2 nitrogen and oxygen atoms in total. The molecule has 1 atom stereocenters. The Morgan fingerprint density at radius 2 is 2.00 bits per heavy atom. The first-order valence-electron chi connectivity index (χ1n) is 5.10. The summed E-state index contributed by atoms with van der Waals surface area (Å²) >= 11 is 0. The SMILES string of the molecule is CC(CCN)C(=O)Cc1ccc(F)cc1. The third kappa shape index (κ3) is 3.80. The molecule has 82 valence electrons. The predicted octanol–water partition coefficient (Wildman–Crippen LogP) is 1.92. The van der Waals surface area contributed by atoms with Crippen molar-refractivity contribution in [2.45, 2.75) is 19.8 Å². The van der Waals surface area contributed by atoms with E-state index in [1.165, 1.54) is 12.1 Å². The van der Waals surface area contributed by atoms with Crippen molar-refractivity contribution < 1.29 is 9.18 Å². The number of Topliss-reactive ketones (excluding diaryl/α,β-unsaturated/α-hetero) is 1. The molecule has 0 fully saturated rings. The van der Waals surface area contributed by atoms with E-state index in [1.807, 2.05) is 6.92 Å². The lowest BCUT2D eigenvalue weighted by Gasteiger charge is -2.08. The number of rotatable bonds is 5. The first-order chi connectivity index (χ1) is 7.13. The van der Waals surface area contributed by atoms with E-state index in [4.69, 9.17) is 5.73 Å². The van der Waals surface area contributed by atoms with Crippen LogP contribution in [-0.2, 0) is 11.2 Å². The Bertz CT molecular complexity index is 321. The number of carbonyl (C=O) groups is 1. The van der Waals surface area contributed by atoms with Crippen molar-refractivity contribution in [3.05, 3.63) is 35.6 Å². The highest BCUT2D eigenvalue weighted by molar-refractivity contribution is 5.82. The molecule has 0 aromatic heterocycles. The van der Waals surface area contributed by atoms with E-state index in [1.54, 1.807) is 12.1 Å². The van der Waals surface area contributed by atoms with Crippen LogP contribution in [0.1, 0.15) is 18.9 Å². The zero-order valence-corrected chi connectivity index (χ0v) is 8.87. The van der Waals surface area contributed by atoms with Crippen molar-refractivity contribution in [2.75, 3.05) is 6.54 Å². The molecule has 1 aromatic rings. The van der Waals surface area contributed by atoms with Gasteiger partial charge in [0.2, 0.25) is 0 Å². The molecule has 15 heavy (non-hydrogen) atoms. The predicted molar refractivity (Wildman–Crippen MR) is 57.9 cm³/mol. The van der Waals surface area contributed by atoms with E-state index in [2.05, 4.69) is 0 Å². The van der Waals surface area contributed by atoms with Crippen LogP contribution >= 0.6 is 0 Å². The highest BCUT2D eigenvalue weighted by Gasteiger charge is 2.12. The van der Waals surface area contributed by atoms with Crippen molar-refractivity contribution in [1.29, 1.82) is 0 Å². The smallest absolute Gasteiger partial charge is 0.140 e. The number of hydrogen-bond acceptors (Lipinski definition) is 2. The summed E-state index contributed by atoms with van der Waals surface area (Å²) in [7, 11) is 0. The molecular weight excluding hydrogens is 193 g/mol. The van der Waals surface area contributed by atoms with Gasteiger partial charge in [0.05, 0.1) is 0 Å². The van der Waals surface area contributed by atoms with E-state index in [9.17, 15) is 9.18 Å². The number of hydrogen-bond donors (Lipinski definition) is 1. The van der Waals surface area contributed by atoms with E-state index in [0.29, 0.717) is 19.4 Å². The van der Waals surface area contributed by atoms with Crippen LogP contribution in [0, 0.1) is 11.7 Å². The quantitative estimate of drug-likeness (QED) is 0.805.